The smallest absolute Gasteiger partial charge is 0.305 e. The van der Waals surface area contributed by atoms with Gasteiger partial charge >= 0.3 is 11.9 Å². The number of rotatable bonds is 5. The minimum atomic E-state index is -0.133. The van der Waals surface area contributed by atoms with E-state index < -0.39 is 0 Å². The zero-order chi connectivity index (χ0) is 23.3. The Morgan fingerprint density at radius 1 is 1.00 bits per heavy atom. The van der Waals surface area contributed by atoms with Crippen molar-refractivity contribution in [3.8, 4) is 0 Å². The minimum absolute atomic E-state index is 0.0116. The van der Waals surface area contributed by atoms with E-state index in [2.05, 4.69) is 36.7 Å². The van der Waals surface area contributed by atoms with E-state index in [9.17, 15) is 9.59 Å². The molecule has 0 aromatic rings. The van der Waals surface area contributed by atoms with Crippen LogP contribution in [0.1, 0.15) is 91.9 Å². The molecule has 182 valence electrons. The first-order valence-electron chi connectivity index (χ1n) is 13.0. The van der Waals surface area contributed by atoms with Gasteiger partial charge in [0.1, 0.15) is 6.10 Å². The molecule has 0 spiro atoms. The highest BCUT2D eigenvalue weighted by molar-refractivity contribution is 9.09. The number of carbonyl (C=O) groups excluding carboxylic acids is 2. The third-order valence-electron chi connectivity index (χ3n) is 10.7. The normalized spacial score (nSPS) is 46.4. The molecule has 0 aromatic carbocycles. The molecule has 0 unspecified atom stereocenters. The maximum Gasteiger partial charge on any atom is 0.305 e. The Morgan fingerprint density at radius 2 is 1.72 bits per heavy atom. The molecule has 0 aromatic heterocycles. The molecule has 0 N–H and O–H groups in total. The molecule has 0 radical (unpaired) electrons. The lowest BCUT2D eigenvalue weighted by Gasteiger charge is -2.63. The quantitative estimate of drug-likeness (QED) is 0.311. The van der Waals surface area contributed by atoms with E-state index >= 15 is 0 Å². The maximum absolute atomic E-state index is 12.2. The fourth-order valence-electron chi connectivity index (χ4n) is 9.19. The van der Waals surface area contributed by atoms with E-state index in [1.54, 1.807) is 6.92 Å². The summed E-state index contributed by atoms with van der Waals surface area (Å²) in [6, 6.07) is 0. The molecule has 5 heteroatoms. The van der Waals surface area contributed by atoms with Crippen LogP contribution in [-0.4, -0.2) is 30.0 Å². The van der Waals surface area contributed by atoms with E-state index in [-0.39, 0.29) is 28.3 Å². The molecular weight excluding hydrogens is 468 g/mol. The third-order valence-corrected chi connectivity index (χ3v) is 11.8. The molecule has 32 heavy (non-hydrogen) atoms. The molecule has 4 aliphatic rings. The van der Waals surface area contributed by atoms with Gasteiger partial charge in [-0.2, -0.15) is 0 Å². The summed E-state index contributed by atoms with van der Waals surface area (Å²) in [5, 5.41) is 0. The zero-order valence-electron chi connectivity index (χ0n) is 20.7. The molecule has 0 saturated heterocycles. The van der Waals surface area contributed by atoms with Gasteiger partial charge in [-0.1, -0.05) is 49.5 Å². The highest BCUT2D eigenvalue weighted by Gasteiger charge is 2.65. The topological polar surface area (TPSA) is 52.6 Å². The lowest BCUT2D eigenvalue weighted by molar-refractivity contribution is -0.185. The van der Waals surface area contributed by atoms with Gasteiger partial charge in [0.25, 0.3) is 0 Å². The predicted molar refractivity (Wildman–Crippen MR) is 129 cm³/mol. The first-order valence-corrected chi connectivity index (χ1v) is 13.9. The van der Waals surface area contributed by atoms with Crippen molar-refractivity contribution < 1.29 is 19.1 Å². The number of ether oxygens (including phenoxy) is 2. The van der Waals surface area contributed by atoms with Crippen LogP contribution in [0.2, 0.25) is 0 Å². The zero-order valence-corrected chi connectivity index (χ0v) is 22.3. The fraction of sp³-hybridized carbons (Fsp3) is 0.926. The van der Waals surface area contributed by atoms with Crippen LogP contribution >= 0.6 is 15.9 Å². The number of halogens is 1. The number of hydrogen-bond acceptors (Lipinski definition) is 4. The summed E-state index contributed by atoms with van der Waals surface area (Å²) in [7, 11) is 1.48. The molecule has 0 aliphatic heterocycles. The molecule has 4 saturated carbocycles. The van der Waals surface area contributed by atoms with Gasteiger partial charge in [0.15, 0.2) is 0 Å². The van der Waals surface area contributed by atoms with E-state index in [1.807, 2.05) is 0 Å². The van der Waals surface area contributed by atoms with Crippen molar-refractivity contribution in [1.82, 2.24) is 0 Å². The van der Waals surface area contributed by atoms with E-state index in [4.69, 9.17) is 9.47 Å². The summed E-state index contributed by atoms with van der Waals surface area (Å²) in [6.07, 6.45) is 11.6. The van der Waals surface area contributed by atoms with Crippen molar-refractivity contribution in [2.24, 2.45) is 46.3 Å². The van der Waals surface area contributed by atoms with Crippen molar-refractivity contribution in [3.63, 3.8) is 0 Å². The summed E-state index contributed by atoms with van der Waals surface area (Å²) in [5.74, 6) is 3.19. The fourth-order valence-corrected chi connectivity index (χ4v) is 10.5. The Bertz CT molecular complexity index is 724. The van der Waals surface area contributed by atoms with Gasteiger partial charge in [-0.3, -0.25) is 9.59 Å². The molecule has 4 rings (SSSR count). The Balaban J connectivity index is 1.63. The summed E-state index contributed by atoms with van der Waals surface area (Å²) in [4.78, 5) is 24.2. The molecule has 0 heterocycles. The van der Waals surface area contributed by atoms with Crippen molar-refractivity contribution in [2.45, 2.75) is 103 Å². The van der Waals surface area contributed by atoms with Crippen molar-refractivity contribution in [2.75, 3.05) is 7.11 Å². The molecule has 4 fully saturated rings. The van der Waals surface area contributed by atoms with Gasteiger partial charge in [-0.15, -0.1) is 0 Å². The third kappa shape index (κ3) is 3.96. The van der Waals surface area contributed by atoms with Gasteiger partial charge in [0.05, 0.1) is 11.9 Å². The Morgan fingerprint density at radius 3 is 2.41 bits per heavy atom. The SMILES string of the molecule is COC(=O)CC[C@H](C)[C@H]1CC[C@@H]2[C@H]3[C@H](OC(C)=O)[C@H](Br)[C@@H]4CCCC[C@]4(C)[C@H]3CC[C@@]21C. The largest absolute Gasteiger partial charge is 0.469 e. The van der Waals surface area contributed by atoms with Crippen LogP contribution in [0.3, 0.4) is 0 Å². The summed E-state index contributed by atoms with van der Waals surface area (Å²) in [6.45, 7) is 8.99. The van der Waals surface area contributed by atoms with E-state index in [0.29, 0.717) is 47.3 Å². The summed E-state index contributed by atoms with van der Waals surface area (Å²) < 4.78 is 11.1. The second-order valence-electron chi connectivity index (χ2n) is 12.0. The average molecular weight is 512 g/mol. The first-order chi connectivity index (χ1) is 15.1. The van der Waals surface area contributed by atoms with Crippen LogP contribution < -0.4 is 0 Å². The standard InChI is InChI=1S/C27H43BrO4/c1-16(9-12-22(30)31-5)18-10-11-19-23-20(13-15-27(18,19)4)26(3)14-7-6-8-21(26)24(28)25(23)32-17(2)29/h16,18-21,23-25H,6-15H2,1-5H3/t16-,18+,19+,20-,21-,23+,24+,25-,26+,27+/m0/s1. The van der Waals surface area contributed by atoms with Crippen molar-refractivity contribution in [3.05, 3.63) is 0 Å². The number of hydrogen-bond donors (Lipinski definition) is 0. The Hall–Kier alpha value is -0.580. The van der Waals surface area contributed by atoms with Gasteiger partial charge in [0, 0.05) is 19.3 Å². The van der Waals surface area contributed by atoms with Crippen LogP contribution in [0.15, 0.2) is 0 Å². The van der Waals surface area contributed by atoms with Crippen LogP contribution in [0, 0.1) is 46.3 Å². The van der Waals surface area contributed by atoms with Crippen molar-refractivity contribution in [1.29, 1.82) is 0 Å². The van der Waals surface area contributed by atoms with E-state index in [0.717, 1.165) is 6.42 Å². The highest BCUT2D eigenvalue weighted by Crippen LogP contribution is 2.69. The molecule has 0 bridgehead atoms. The summed E-state index contributed by atoms with van der Waals surface area (Å²) in [5.41, 5.74) is 0.614. The molecule has 4 nitrogen and oxygen atoms in total. The Kier molecular flexibility index (Phi) is 7.08. The molecule has 4 aliphatic carbocycles. The van der Waals surface area contributed by atoms with E-state index in [1.165, 1.54) is 58.5 Å². The lowest BCUT2D eigenvalue weighted by Crippen LogP contribution is -2.62. The molecule has 0 amide bonds. The van der Waals surface area contributed by atoms with Gasteiger partial charge in [-0.25, -0.2) is 0 Å². The predicted octanol–water partition coefficient (Wildman–Crippen LogP) is 6.54. The average Bonchev–Trinajstić information content (AvgIpc) is 3.11. The number of fused-ring (bicyclic) bond motifs is 5. The second kappa shape index (κ2) is 9.23. The first kappa shape index (κ1) is 24.5. The number of carbonyl (C=O) groups is 2. The number of alkyl halides is 1. The maximum atomic E-state index is 12.2. The van der Waals surface area contributed by atoms with Gasteiger partial charge in [0.2, 0.25) is 0 Å². The number of methoxy groups -OCH3 is 1. The molecular formula is C27H43BrO4. The van der Waals surface area contributed by atoms with Crippen LogP contribution in [0.25, 0.3) is 0 Å². The van der Waals surface area contributed by atoms with Crippen LogP contribution in [0.4, 0.5) is 0 Å². The molecule has 10 atom stereocenters. The van der Waals surface area contributed by atoms with Gasteiger partial charge in [-0.05, 0) is 85.4 Å². The lowest BCUT2D eigenvalue weighted by atomic mass is 9.43. The Labute approximate surface area is 203 Å². The minimum Gasteiger partial charge on any atom is -0.469 e. The van der Waals surface area contributed by atoms with Crippen LogP contribution in [0.5, 0.6) is 0 Å². The summed E-state index contributed by atoms with van der Waals surface area (Å²) >= 11 is 4.10. The number of esters is 2. The van der Waals surface area contributed by atoms with Crippen molar-refractivity contribution >= 4 is 27.9 Å². The second-order valence-corrected chi connectivity index (χ2v) is 13.0. The monoisotopic (exact) mass is 510 g/mol. The van der Waals surface area contributed by atoms with Gasteiger partial charge < -0.3 is 9.47 Å². The van der Waals surface area contributed by atoms with Crippen LogP contribution in [-0.2, 0) is 19.1 Å². The highest BCUT2D eigenvalue weighted by atomic mass is 79.9.